The average molecular weight is 350 g/mol. The SMILES string of the molecule is COc1ccc(OC)c(NC(=O)[C@@H](C)Oc2ccc(Cl)c(C)c2)c1. The highest BCUT2D eigenvalue weighted by Crippen LogP contribution is 2.29. The summed E-state index contributed by atoms with van der Waals surface area (Å²) in [4.78, 5) is 12.4. The standard InChI is InChI=1S/C18H20ClNO4/c1-11-9-14(5-7-15(11)19)24-12(2)18(21)20-16-10-13(22-3)6-8-17(16)23-4/h5-10,12H,1-4H3,(H,20,21)/t12-/m1/s1. The molecule has 0 heterocycles. The molecule has 0 aliphatic heterocycles. The lowest BCUT2D eigenvalue weighted by Gasteiger charge is -2.17. The predicted octanol–water partition coefficient (Wildman–Crippen LogP) is 4.07. The number of halogens is 1. The van der Waals surface area contributed by atoms with Gasteiger partial charge in [-0.1, -0.05) is 11.6 Å². The van der Waals surface area contributed by atoms with E-state index in [-0.39, 0.29) is 5.91 Å². The van der Waals surface area contributed by atoms with E-state index in [9.17, 15) is 4.79 Å². The van der Waals surface area contributed by atoms with E-state index in [1.165, 1.54) is 7.11 Å². The number of hydrogen-bond acceptors (Lipinski definition) is 4. The van der Waals surface area contributed by atoms with Crippen molar-refractivity contribution in [2.45, 2.75) is 20.0 Å². The third kappa shape index (κ3) is 4.32. The molecule has 1 N–H and O–H groups in total. The van der Waals surface area contributed by atoms with Gasteiger partial charge in [0.05, 0.1) is 19.9 Å². The van der Waals surface area contributed by atoms with Crippen LogP contribution < -0.4 is 19.5 Å². The van der Waals surface area contributed by atoms with Gasteiger partial charge in [0, 0.05) is 11.1 Å². The highest BCUT2D eigenvalue weighted by Gasteiger charge is 2.17. The van der Waals surface area contributed by atoms with Crippen molar-refractivity contribution in [2.75, 3.05) is 19.5 Å². The number of benzene rings is 2. The molecule has 0 fully saturated rings. The highest BCUT2D eigenvalue weighted by atomic mass is 35.5. The van der Waals surface area contributed by atoms with E-state index < -0.39 is 6.10 Å². The van der Waals surface area contributed by atoms with Crippen LogP contribution >= 0.6 is 11.6 Å². The van der Waals surface area contributed by atoms with Crippen molar-refractivity contribution in [3.8, 4) is 17.2 Å². The second-order valence-electron chi connectivity index (χ2n) is 5.23. The van der Waals surface area contributed by atoms with E-state index in [2.05, 4.69) is 5.32 Å². The molecule has 0 unspecified atom stereocenters. The number of carbonyl (C=O) groups excluding carboxylic acids is 1. The molecule has 0 bridgehead atoms. The Morgan fingerprint density at radius 2 is 1.79 bits per heavy atom. The first kappa shape index (κ1) is 17.9. The minimum absolute atomic E-state index is 0.297. The number of anilines is 1. The Morgan fingerprint density at radius 1 is 1.08 bits per heavy atom. The van der Waals surface area contributed by atoms with Crippen LogP contribution in [0, 0.1) is 6.92 Å². The molecule has 0 saturated heterocycles. The maximum absolute atomic E-state index is 12.4. The van der Waals surface area contributed by atoms with Crippen molar-refractivity contribution in [3.63, 3.8) is 0 Å². The number of carbonyl (C=O) groups is 1. The van der Waals surface area contributed by atoms with Gasteiger partial charge in [-0.25, -0.2) is 0 Å². The Hall–Kier alpha value is -2.40. The molecule has 1 amide bonds. The summed E-state index contributed by atoms with van der Waals surface area (Å²) >= 11 is 5.99. The number of nitrogens with one attached hydrogen (secondary N) is 1. The molecule has 0 radical (unpaired) electrons. The lowest BCUT2D eigenvalue weighted by molar-refractivity contribution is -0.122. The fraction of sp³-hybridized carbons (Fsp3) is 0.278. The lowest BCUT2D eigenvalue weighted by Crippen LogP contribution is -2.30. The summed E-state index contributed by atoms with van der Waals surface area (Å²) in [5.41, 5.74) is 1.40. The first-order valence-corrected chi connectivity index (χ1v) is 7.78. The van der Waals surface area contributed by atoms with Crippen molar-refractivity contribution >= 4 is 23.2 Å². The monoisotopic (exact) mass is 349 g/mol. The van der Waals surface area contributed by atoms with Gasteiger partial charge in [0.2, 0.25) is 0 Å². The van der Waals surface area contributed by atoms with Crippen molar-refractivity contribution in [1.29, 1.82) is 0 Å². The Kier molecular flexibility index (Phi) is 5.93. The van der Waals surface area contributed by atoms with Gasteiger partial charge in [0.15, 0.2) is 6.10 Å². The van der Waals surface area contributed by atoms with Crippen LogP contribution in [-0.4, -0.2) is 26.2 Å². The molecule has 2 aromatic carbocycles. The topological polar surface area (TPSA) is 56.8 Å². The van der Waals surface area contributed by atoms with Crippen LogP contribution in [0.2, 0.25) is 5.02 Å². The van der Waals surface area contributed by atoms with Crippen molar-refractivity contribution in [1.82, 2.24) is 0 Å². The normalized spacial score (nSPS) is 11.5. The number of rotatable bonds is 6. The van der Waals surface area contributed by atoms with E-state index >= 15 is 0 Å². The van der Waals surface area contributed by atoms with Crippen LogP contribution in [0.3, 0.4) is 0 Å². The Balaban J connectivity index is 2.09. The zero-order valence-electron chi connectivity index (χ0n) is 14.1. The van der Waals surface area contributed by atoms with E-state index in [0.29, 0.717) is 28.0 Å². The van der Waals surface area contributed by atoms with Gasteiger partial charge in [-0.3, -0.25) is 4.79 Å². The van der Waals surface area contributed by atoms with Crippen LogP contribution in [0.1, 0.15) is 12.5 Å². The first-order chi connectivity index (χ1) is 11.4. The zero-order valence-corrected chi connectivity index (χ0v) is 14.8. The molecule has 24 heavy (non-hydrogen) atoms. The van der Waals surface area contributed by atoms with Gasteiger partial charge in [-0.2, -0.15) is 0 Å². The summed E-state index contributed by atoms with van der Waals surface area (Å²) in [6.45, 7) is 3.55. The van der Waals surface area contributed by atoms with Crippen molar-refractivity contribution in [3.05, 3.63) is 47.0 Å². The van der Waals surface area contributed by atoms with E-state index in [0.717, 1.165) is 5.56 Å². The molecule has 2 aromatic rings. The summed E-state index contributed by atoms with van der Waals surface area (Å²) in [6, 6.07) is 10.4. The second-order valence-corrected chi connectivity index (χ2v) is 5.63. The molecule has 0 aliphatic rings. The maximum atomic E-state index is 12.4. The molecule has 5 nitrogen and oxygen atoms in total. The first-order valence-electron chi connectivity index (χ1n) is 7.40. The van der Waals surface area contributed by atoms with Gasteiger partial charge < -0.3 is 19.5 Å². The number of amides is 1. The second kappa shape index (κ2) is 7.93. The number of methoxy groups -OCH3 is 2. The van der Waals surface area contributed by atoms with Gasteiger partial charge in [-0.15, -0.1) is 0 Å². The predicted molar refractivity (Wildman–Crippen MR) is 94.5 cm³/mol. The molecule has 128 valence electrons. The van der Waals surface area contributed by atoms with Crippen LogP contribution in [0.15, 0.2) is 36.4 Å². The smallest absolute Gasteiger partial charge is 0.265 e. The van der Waals surface area contributed by atoms with Crippen LogP contribution in [0.4, 0.5) is 5.69 Å². The zero-order chi connectivity index (χ0) is 17.7. The maximum Gasteiger partial charge on any atom is 0.265 e. The average Bonchev–Trinajstić information content (AvgIpc) is 2.58. The Morgan fingerprint density at radius 3 is 2.42 bits per heavy atom. The number of aryl methyl sites for hydroxylation is 1. The quantitative estimate of drug-likeness (QED) is 0.854. The minimum atomic E-state index is -0.693. The van der Waals surface area contributed by atoms with E-state index in [4.69, 9.17) is 25.8 Å². The third-order valence-electron chi connectivity index (χ3n) is 3.48. The molecular weight excluding hydrogens is 330 g/mol. The summed E-state index contributed by atoms with van der Waals surface area (Å²) in [7, 11) is 3.09. The van der Waals surface area contributed by atoms with Crippen molar-refractivity contribution in [2.24, 2.45) is 0 Å². The highest BCUT2D eigenvalue weighted by molar-refractivity contribution is 6.31. The summed E-state index contributed by atoms with van der Waals surface area (Å²) in [5.74, 6) is 1.44. The molecule has 1 atom stereocenters. The van der Waals surface area contributed by atoms with Crippen LogP contribution in [-0.2, 0) is 4.79 Å². The summed E-state index contributed by atoms with van der Waals surface area (Å²) in [5, 5.41) is 3.44. The molecular formula is C18H20ClNO4. The van der Waals surface area contributed by atoms with Gasteiger partial charge in [0.25, 0.3) is 5.91 Å². The van der Waals surface area contributed by atoms with E-state index in [1.807, 2.05) is 6.92 Å². The van der Waals surface area contributed by atoms with Gasteiger partial charge in [-0.05, 0) is 49.7 Å². The molecule has 0 aromatic heterocycles. The largest absolute Gasteiger partial charge is 0.497 e. The molecule has 6 heteroatoms. The summed E-state index contributed by atoms with van der Waals surface area (Å²) in [6.07, 6.45) is -0.693. The summed E-state index contributed by atoms with van der Waals surface area (Å²) < 4.78 is 16.1. The number of ether oxygens (including phenoxy) is 3. The Labute approximate surface area is 146 Å². The number of hydrogen-bond donors (Lipinski definition) is 1. The van der Waals surface area contributed by atoms with Gasteiger partial charge >= 0.3 is 0 Å². The van der Waals surface area contributed by atoms with Crippen LogP contribution in [0.5, 0.6) is 17.2 Å². The van der Waals surface area contributed by atoms with Crippen molar-refractivity contribution < 1.29 is 19.0 Å². The Bertz CT molecular complexity index is 733. The van der Waals surface area contributed by atoms with E-state index in [1.54, 1.807) is 50.4 Å². The van der Waals surface area contributed by atoms with Crippen LogP contribution in [0.25, 0.3) is 0 Å². The molecule has 0 aliphatic carbocycles. The molecule has 2 rings (SSSR count). The fourth-order valence-electron chi connectivity index (χ4n) is 2.09. The fourth-order valence-corrected chi connectivity index (χ4v) is 2.21. The molecule has 0 saturated carbocycles. The lowest BCUT2D eigenvalue weighted by atomic mass is 10.2. The molecule has 0 spiro atoms. The minimum Gasteiger partial charge on any atom is -0.497 e. The third-order valence-corrected chi connectivity index (χ3v) is 3.90. The van der Waals surface area contributed by atoms with Gasteiger partial charge in [0.1, 0.15) is 17.2 Å².